The number of hydrogen-bond acceptors (Lipinski definition) is 4. The van der Waals surface area contributed by atoms with Crippen molar-refractivity contribution < 1.29 is 9.32 Å². The zero-order valence-electron chi connectivity index (χ0n) is 11.0. The largest absolute Gasteiger partial charge is 0.334 e. The first kappa shape index (κ1) is 12.5. The van der Waals surface area contributed by atoms with Gasteiger partial charge in [-0.1, -0.05) is 38.1 Å². The maximum atomic E-state index is 12.1. The molecule has 2 aromatic rings. The van der Waals surface area contributed by atoms with E-state index < -0.39 is 0 Å². The van der Waals surface area contributed by atoms with Crippen LogP contribution in [0.4, 0.5) is 0 Å². The van der Waals surface area contributed by atoms with Gasteiger partial charge in [0.05, 0.1) is 0 Å². The maximum Gasteiger partial charge on any atom is 0.257 e. The number of hydrogen-bond donors (Lipinski definition) is 0. The predicted molar refractivity (Wildman–Crippen MR) is 68.3 cm³/mol. The number of Topliss-reactive ketones (excluding diaryl/α,β-unsaturated/α-hetero) is 1. The van der Waals surface area contributed by atoms with Crippen molar-refractivity contribution in [2.75, 3.05) is 0 Å². The Labute approximate surface area is 106 Å². The Morgan fingerprint density at radius 1 is 1.17 bits per heavy atom. The van der Waals surface area contributed by atoms with Crippen LogP contribution in [-0.2, 0) is 0 Å². The van der Waals surface area contributed by atoms with Crippen LogP contribution in [0.25, 0.3) is 11.5 Å². The van der Waals surface area contributed by atoms with Crippen LogP contribution in [0.1, 0.15) is 37.0 Å². The van der Waals surface area contributed by atoms with E-state index in [1.165, 1.54) is 0 Å². The lowest BCUT2D eigenvalue weighted by Gasteiger charge is -2.16. The van der Waals surface area contributed by atoms with E-state index in [9.17, 15) is 4.79 Å². The third-order valence-electron chi connectivity index (χ3n) is 2.60. The fraction of sp³-hybridized carbons (Fsp3) is 0.357. The molecule has 1 heterocycles. The lowest BCUT2D eigenvalue weighted by atomic mass is 9.86. The molecule has 0 atom stereocenters. The van der Waals surface area contributed by atoms with Gasteiger partial charge in [-0.3, -0.25) is 4.79 Å². The van der Waals surface area contributed by atoms with Crippen LogP contribution in [0.5, 0.6) is 0 Å². The molecule has 1 aromatic heterocycles. The number of aryl methyl sites for hydroxylation is 1. The summed E-state index contributed by atoms with van der Waals surface area (Å²) in [6.07, 6.45) is 0. The summed E-state index contributed by atoms with van der Waals surface area (Å²) in [6.45, 7) is 7.49. The Morgan fingerprint density at radius 2 is 1.78 bits per heavy atom. The molecule has 4 heteroatoms. The Balaban J connectivity index is 2.28. The first-order chi connectivity index (χ1) is 8.38. The number of carbonyl (C=O) groups is 1. The Hall–Kier alpha value is -1.97. The van der Waals surface area contributed by atoms with Crippen molar-refractivity contribution in [1.82, 2.24) is 10.1 Å². The maximum absolute atomic E-state index is 12.1. The van der Waals surface area contributed by atoms with Gasteiger partial charge in [-0.2, -0.15) is 4.98 Å². The van der Waals surface area contributed by atoms with Crippen LogP contribution in [0.2, 0.25) is 0 Å². The van der Waals surface area contributed by atoms with Crippen LogP contribution >= 0.6 is 0 Å². The molecule has 0 radical (unpaired) electrons. The van der Waals surface area contributed by atoms with Crippen molar-refractivity contribution in [3.05, 3.63) is 35.7 Å². The van der Waals surface area contributed by atoms with Gasteiger partial charge in [0, 0.05) is 16.5 Å². The SMILES string of the molecule is Cc1noc(-c2ccc(C(=O)C(C)(C)C)cc2)n1. The number of aromatic nitrogens is 2. The summed E-state index contributed by atoms with van der Waals surface area (Å²) >= 11 is 0. The molecule has 4 nitrogen and oxygen atoms in total. The van der Waals surface area contributed by atoms with Gasteiger partial charge in [-0.15, -0.1) is 0 Å². The average molecular weight is 244 g/mol. The van der Waals surface area contributed by atoms with Crippen molar-refractivity contribution >= 4 is 5.78 Å². The van der Waals surface area contributed by atoms with Crippen LogP contribution in [0.15, 0.2) is 28.8 Å². The number of rotatable bonds is 2. The van der Waals surface area contributed by atoms with Crippen molar-refractivity contribution in [2.45, 2.75) is 27.7 Å². The molecule has 0 aliphatic heterocycles. The molecule has 0 aliphatic rings. The van der Waals surface area contributed by atoms with E-state index >= 15 is 0 Å². The number of nitrogens with zero attached hydrogens (tertiary/aromatic N) is 2. The highest BCUT2D eigenvalue weighted by molar-refractivity contribution is 6.00. The first-order valence-electron chi connectivity index (χ1n) is 5.83. The van der Waals surface area contributed by atoms with Crippen molar-refractivity contribution in [3.8, 4) is 11.5 Å². The highest BCUT2D eigenvalue weighted by Gasteiger charge is 2.22. The topological polar surface area (TPSA) is 56.0 Å². The summed E-state index contributed by atoms with van der Waals surface area (Å²) in [5, 5.41) is 3.74. The van der Waals surface area contributed by atoms with E-state index in [1.807, 2.05) is 32.9 Å². The smallest absolute Gasteiger partial charge is 0.257 e. The van der Waals surface area contributed by atoms with E-state index in [0.717, 1.165) is 5.56 Å². The zero-order valence-corrected chi connectivity index (χ0v) is 11.0. The second-order valence-electron chi connectivity index (χ2n) is 5.30. The molecule has 94 valence electrons. The normalized spacial score (nSPS) is 11.6. The monoisotopic (exact) mass is 244 g/mol. The Bertz CT molecular complexity index is 562. The second kappa shape index (κ2) is 4.37. The first-order valence-corrected chi connectivity index (χ1v) is 5.83. The molecule has 0 aliphatic carbocycles. The van der Waals surface area contributed by atoms with Crippen LogP contribution in [-0.4, -0.2) is 15.9 Å². The van der Waals surface area contributed by atoms with Crippen molar-refractivity contribution in [2.24, 2.45) is 5.41 Å². The number of ketones is 1. The molecular weight excluding hydrogens is 228 g/mol. The molecule has 2 rings (SSSR count). The molecule has 0 saturated carbocycles. The van der Waals surface area contributed by atoms with Crippen LogP contribution in [0.3, 0.4) is 0 Å². The fourth-order valence-corrected chi connectivity index (χ4v) is 1.61. The molecule has 0 N–H and O–H groups in total. The van der Waals surface area contributed by atoms with Crippen molar-refractivity contribution in [3.63, 3.8) is 0 Å². The minimum absolute atomic E-state index is 0.121. The second-order valence-corrected chi connectivity index (χ2v) is 5.30. The minimum atomic E-state index is -0.372. The lowest BCUT2D eigenvalue weighted by molar-refractivity contribution is 0.0858. The van der Waals surface area contributed by atoms with E-state index in [4.69, 9.17) is 4.52 Å². The molecule has 0 saturated heterocycles. The van der Waals surface area contributed by atoms with Gasteiger partial charge in [0.25, 0.3) is 5.89 Å². The van der Waals surface area contributed by atoms with Crippen LogP contribution < -0.4 is 0 Å². The summed E-state index contributed by atoms with van der Waals surface area (Å²) in [6, 6.07) is 7.24. The molecule has 18 heavy (non-hydrogen) atoms. The van der Waals surface area contributed by atoms with Gasteiger partial charge in [0.2, 0.25) is 0 Å². The van der Waals surface area contributed by atoms with E-state index in [1.54, 1.807) is 19.1 Å². The third-order valence-corrected chi connectivity index (χ3v) is 2.60. The molecule has 0 amide bonds. The highest BCUT2D eigenvalue weighted by Crippen LogP contribution is 2.23. The fourth-order valence-electron chi connectivity index (χ4n) is 1.61. The Kier molecular flexibility index (Phi) is 3.03. The highest BCUT2D eigenvalue weighted by atomic mass is 16.5. The average Bonchev–Trinajstić information content (AvgIpc) is 2.74. The summed E-state index contributed by atoms with van der Waals surface area (Å²) in [7, 11) is 0. The van der Waals surface area contributed by atoms with Gasteiger partial charge < -0.3 is 4.52 Å². The zero-order chi connectivity index (χ0) is 13.3. The number of carbonyl (C=O) groups excluding carboxylic acids is 1. The van der Waals surface area contributed by atoms with E-state index in [-0.39, 0.29) is 11.2 Å². The van der Waals surface area contributed by atoms with E-state index in [2.05, 4.69) is 10.1 Å². The number of benzene rings is 1. The molecule has 0 fully saturated rings. The van der Waals surface area contributed by atoms with E-state index in [0.29, 0.717) is 17.3 Å². The lowest BCUT2D eigenvalue weighted by Crippen LogP contribution is -2.19. The third kappa shape index (κ3) is 2.47. The van der Waals surface area contributed by atoms with Gasteiger partial charge in [-0.25, -0.2) is 0 Å². The predicted octanol–water partition coefficient (Wildman–Crippen LogP) is 3.27. The molecule has 0 spiro atoms. The molecule has 0 unspecified atom stereocenters. The molecule has 1 aromatic carbocycles. The summed E-state index contributed by atoms with van der Waals surface area (Å²) in [5.74, 6) is 1.19. The standard InChI is InChI=1S/C14H16N2O2/c1-9-15-13(18-16-9)11-7-5-10(6-8-11)12(17)14(2,3)4/h5-8H,1-4H3. The molecule has 0 bridgehead atoms. The summed E-state index contributed by atoms with van der Waals surface area (Å²) in [4.78, 5) is 16.2. The van der Waals surface area contributed by atoms with Crippen LogP contribution in [0, 0.1) is 12.3 Å². The van der Waals surface area contributed by atoms with Gasteiger partial charge in [0.1, 0.15) is 0 Å². The summed E-state index contributed by atoms with van der Waals surface area (Å²) in [5.41, 5.74) is 1.14. The minimum Gasteiger partial charge on any atom is -0.334 e. The van der Waals surface area contributed by atoms with Gasteiger partial charge >= 0.3 is 0 Å². The van der Waals surface area contributed by atoms with Gasteiger partial charge in [0.15, 0.2) is 11.6 Å². The summed E-state index contributed by atoms with van der Waals surface area (Å²) < 4.78 is 5.07. The molecular formula is C14H16N2O2. The Morgan fingerprint density at radius 3 is 2.22 bits per heavy atom. The van der Waals surface area contributed by atoms with Crippen molar-refractivity contribution in [1.29, 1.82) is 0 Å². The van der Waals surface area contributed by atoms with Gasteiger partial charge in [-0.05, 0) is 19.1 Å². The quantitative estimate of drug-likeness (QED) is 0.761.